The highest BCUT2D eigenvalue weighted by Gasteiger charge is 2.14. The fourth-order valence-corrected chi connectivity index (χ4v) is 1.75. The number of ether oxygens (including phenoxy) is 2. The molecule has 0 fully saturated rings. The van der Waals surface area contributed by atoms with Crippen molar-refractivity contribution in [2.75, 3.05) is 7.11 Å². The van der Waals surface area contributed by atoms with Crippen LogP contribution in [0.2, 0.25) is 5.02 Å². The van der Waals surface area contributed by atoms with Gasteiger partial charge in [-0.25, -0.2) is 4.79 Å². The lowest BCUT2D eigenvalue weighted by Crippen LogP contribution is -2.07. The van der Waals surface area contributed by atoms with Gasteiger partial charge in [-0.3, -0.25) is 0 Å². The van der Waals surface area contributed by atoms with Crippen LogP contribution in [0.3, 0.4) is 0 Å². The highest BCUT2D eigenvalue weighted by molar-refractivity contribution is 6.32. The van der Waals surface area contributed by atoms with Crippen molar-refractivity contribution < 1.29 is 19.4 Å². The summed E-state index contributed by atoms with van der Waals surface area (Å²) in [5, 5.41) is 17.8. The first-order valence-electron chi connectivity index (χ1n) is 5.78. The van der Waals surface area contributed by atoms with E-state index in [4.69, 9.17) is 31.4 Å². The van der Waals surface area contributed by atoms with Crippen LogP contribution in [0.5, 0.6) is 11.5 Å². The zero-order valence-electron chi connectivity index (χ0n) is 11.3. The topological polar surface area (TPSA) is 79.5 Å². The van der Waals surface area contributed by atoms with Crippen LogP contribution in [0.25, 0.3) is 6.08 Å². The second-order valence-electron chi connectivity index (χ2n) is 4.18. The van der Waals surface area contributed by atoms with Gasteiger partial charge in [-0.15, -0.1) is 0 Å². The second kappa shape index (κ2) is 6.83. The summed E-state index contributed by atoms with van der Waals surface area (Å²) in [4.78, 5) is 10.8. The molecule has 0 aliphatic carbocycles. The maximum atomic E-state index is 10.8. The van der Waals surface area contributed by atoms with Crippen molar-refractivity contribution >= 4 is 23.6 Å². The summed E-state index contributed by atoms with van der Waals surface area (Å²) in [6.07, 6.45) is 1.13. The molecule has 1 N–H and O–H groups in total. The maximum absolute atomic E-state index is 10.8. The molecule has 0 radical (unpaired) electrons. The zero-order chi connectivity index (χ0) is 15.3. The van der Waals surface area contributed by atoms with Crippen LogP contribution in [0, 0.1) is 11.3 Å². The molecule has 0 atom stereocenters. The SMILES string of the molecule is COc1cc(/C=C(\C#N)C(=O)O)cc(Cl)c1OC(C)C. The Morgan fingerprint density at radius 1 is 1.50 bits per heavy atom. The Hall–Kier alpha value is -2.19. The van der Waals surface area contributed by atoms with Gasteiger partial charge in [-0.05, 0) is 37.6 Å². The van der Waals surface area contributed by atoms with Gasteiger partial charge in [0.2, 0.25) is 0 Å². The lowest BCUT2D eigenvalue weighted by atomic mass is 10.1. The van der Waals surface area contributed by atoms with Crippen molar-refractivity contribution in [2.45, 2.75) is 20.0 Å². The van der Waals surface area contributed by atoms with Gasteiger partial charge in [0.15, 0.2) is 11.5 Å². The molecule has 6 heteroatoms. The van der Waals surface area contributed by atoms with Gasteiger partial charge in [0.05, 0.1) is 18.2 Å². The van der Waals surface area contributed by atoms with Gasteiger partial charge in [0.1, 0.15) is 11.6 Å². The molecule has 0 heterocycles. The minimum atomic E-state index is -1.30. The standard InChI is InChI=1S/C14H14ClNO4/c1-8(2)20-13-11(15)5-9(6-12(13)19-3)4-10(7-16)14(17)18/h4-6,8H,1-3H3,(H,17,18)/b10-4+. The molecule has 0 spiro atoms. The fraction of sp³-hybridized carbons (Fsp3) is 0.286. The van der Waals surface area contributed by atoms with E-state index in [0.29, 0.717) is 17.1 Å². The van der Waals surface area contributed by atoms with Gasteiger partial charge < -0.3 is 14.6 Å². The number of carboxylic acids is 1. The largest absolute Gasteiger partial charge is 0.493 e. The predicted molar refractivity (Wildman–Crippen MR) is 75.0 cm³/mol. The summed E-state index contributed by atoms with van der Waals surface area (Å²) in [5.74, 6) is -0.541. The van der Waals surface area contributed by atoms with Crippen molar-refractivity contribution in [2.24, 2.45) is 0 Å². The Balaban J connectivity index is 3.30. The maximum Gasteiger partial charge on any atom is 0.346 e. The smallest absolute Gasteiger partial charge is 0.346 e. The minimum Gasteiger partial charge on any atom is -0.493 e. The number of rotatable bonds is 5. The third-order valence-corrected chi connectivity index (χ3v) is 2.55. The van der Waals surface area contributed by atoms with Crippen LogP contribution in [-0.2, 0) is 4.79 Å². The first-order chi connectivity index (χ1) is 9.38. The van der Waals surface area contributed by atoms with Crippen LogP contribution in [0.4, 0.5) is 0 Å². The van der Waals surface area contributed by atoms with Crippen LogP contribution >= 0.6 is 11.6 Å². The summed E-state index contributed by atoms with van der Waals surface area (Å²) < 4.78 is 10.7. The van der Waals surface area contributed by atoms with E-state index in [0.717, 1.165) is 0 Å². The Morgan fingerprint density at radius 2 is 2.15 bits per heavy atom. The van der Waals surface area contributed by atoms with E-state index in [1.807, 2.05) is 13.8 Å². The Labute approximate surface area is 122 Å². The van der Waals surface area contributed by atoms with E-state index in [1.54, 1.807) is 12.1 Å². The number of carboxylic acid groups (broad SMARTS) is 1. The molecule has 20 heavy (non-hydrogen) atoms. The fourth-order valence-electron chi connectivity index (χ4n) is 1.48. The summed E-state index contributed by atoms with van der Waals surface area (Å²) in [6.45, 7) is 3.70. The number of methoxy groups -OCH3 is 1. The first-order valence-corrected chi connectivity index (χ1v) is 6.16. The van der Waals surface area contributed by atoms with E-state index in [2.05, 4.69) is 0 Å². The average Bonchev–Trinajstić information content (AvgIpc) is 2.37. The van der Waals surface area contributed by atoms with Crippen molar-refractivity contribution in [3.05, 3.63) is 28.3 Å². The number of aliphatic carboxylic acids is 1. The number of nitrogens with zero attached hydrogens (tertiary/aromatic N) is 1. The predicted octanol–water partition coefficient (Wildman–Crippen LogP) is 3.13. The number of hydrogen-bond donors (Lipinski definition) is 1. The van der Waals surface area contributed by atoms with Crippen LogP contribution in [0.15, 0.2) is 17.7 Å². The van der Waals surface area contributed by atoms with Gasteiger partial charge in [0, 0.05) is 0 Å². The lowest BCUT2D eigenvalue weighted by Gasteiger charge is -2.15. The molecule has 1 aromatic carbocycles. The van der Waals surface area contributed by atoms with Crippen LogP contribution in [-0.4, -0.2) is 24.3 Å². The summed E-state index contributed by atoms with van der Waals surface area (Å²) in [6, 6.07) is 4.68. The summed E-state index contributed by atoms with van der Waals surface area (Å²) in [7, 11) is 1.45. The van der Waals surface area contributed by atoms with Crippen molar-refractivity contribution in [1.82, 2.24) is 0 Å². The number of nitriles is 1. The molecule has 0 aliphatic rings. The highest BCUT2D eigenvalue weighted by Crippen LogP contribution is 2.37. The third kappa shape index (κ3) is 3.90. The van der Waals surface area contributed by atoms with Crippen molar-refractivity contribution in [1.29, 1.82) is 5.26 Å². The van der Waals surface area contributed by atoms with Gasteiger partial charge in [-0.1, -0.05) is 11.6 Å². The molecule has 106 valence electrons. The average molecular weight is 296 g/mol. The molecule has 0 aliphatic heterocycles. The Morgan fingerprint density at radius 3 is 2.60 bits per heavy atom. The number of benzene rings is 1. The highest BCUT2D eigenvalue weighted by atomic mass is 35.5. The minimum absolute atomic E-state index is 0.0866. The quantitative estimate of drug-likeness (QED) is 0.667. The lowest BCUT2D eigenvalue weighted by molar-refractivity contribution is -0.132. The number of halogens is 1. The normalized spacial score (nSPS) is 11.1. The molecule has 0 saturated carbocycles. The molecular formula is C14H14ClNO4. The van der Waals surface area contributed by atoms with E-state index >= 15 is 0 Å². The second-order valence-corrected chi connectivity index (χ2v) is 4.58. The molecule has 0 saturated heterocycles. The Bertz CT molecular complexity index is 588. The molecule has 0 amide bonds. The summed E-state index contributed by atoms with van der Waals surface area (Å²) in [5.41, 5.74) is 0.0579. The summed E-state index contributed by atoms with van der Waals surface area (Å²) >= 11 is 6.10. The molecule has 0 bridgehead atoms. The van der Waals surface area contributed by atoms with Crippen LogP contribution < -0.4 is 9.47 Å². The van der Waals surface area contributed by atoms with Gasteiger partial charge >= 0.3 is 5.97 Å². The number of carbonyl (C=O) groups is 1. The zero-order valence-corrected chi connectivity index (χ0v) is 12.1. The van der Waals surface area contributed by atoms with Gasteiger partial charge in [0.25, 0.3) is 0 Å². The molecular weight excluding hydrogens is 282 g/mol. The third-order valence-electron chi connectivity index (χ3n) is 2.27. The molecule has 0 unspecified atom stereocenters. The number of hydrogen-bond acceptors (Lipinski definition) is 4. The van der Waals surface area contributed by atoms with E-state index in [-0.39, 0.29) is 16.7 Å². The monoisotopic (exact) mass is 295 g/mol. The molecule has 1 aromatic rings. The molecule has 5 nitrogen and oxygen atoms in total. The van der Waals surface area contributed by atoms with E-state index < -0.39 is 5.97 Å². The van der Waals surface area contributed by atoms with Crippen molar-refractivity contribution in [3.63, 3.8) is 0 Å². The van der Waals surface area contributed by atoms with Crippen molar-refractivity contribution in [3.8, 4) is 17.6 Å². The van der Waals surface area contributed by atoms with Crippen LogP contribution in [0.1, 0.15) is 19.4 Å². The first kappa shape index (κ1) is 15.9. The molecule has 1 rings (SSSR count). The van der Waals surface area contributed by atoms with E-state index in [9.17, 15) is 4.79 Å². The van der Waals surface area contributed by atoms with E-state index in [1.165, 1.54) is 19.3 Å². The molecule has 0 aromatic heterocycles. The van der Waals surface area contributed by atoms with Gasteiger partial charge in [-0.2, -0.15) is 5.26 Å². The Kier molecular flexibility index (Phi) is 5.42.